The summed E-state index contributed by atoms with van der Waals surface area (Å²) in [5, 5.41) is 0. The monoisotopic (exact) mass is 965 g/mol. The predicted molar refractivity (Wildman–Crippen MR) is 298 cm³/mol. The van der Waals surface area contributed by atoms with Crippen LogP contribution in [0.2, 0.25) is 0 Å². The summed E-state index contributed by atoms with van der Waals surface area (Å²) in [6.45, 7) is 25.9. The smallest absolute Gasteiger partial charge is 0.493 e. The molecule has 0 saturated carbocycles. The second kappa shape index (κ2) is 45.2. The van der Waals surface area contributed by atoms with Gasteiger partial charge >= 0.3 is 16.5 Å². The molecule has 2 aromatic carbocycles. The van der Waals surface area contributed by atoms with E-state index in [0.29, 0.717) is 0 Å². The van der Waals surface area contributed by atoms with Crippen LogP contribution in [0.5, 0.6) is 0 Å². The maximum absolute atomic E-state index is 12.5. The Morgan fingerprint density at radius 2 is 0.552 bits per heavy atom. The van der Waals surface area contributed by atoms with Gasteiger partial charge in [0.1, 0.15) is 0 Å². The normalized spacial score (nSPS) is 12.3. The molecule has 0 saturated heterocycles. The number of rotatable bonds is 38. The molecule has 0 atom stereocenters. The van der Waals surface area contributed by atoms with E-state index in [1.807, 2.05) is 0 Å². The number of nitrogens with zero attached hydrogens (tertiary/aromatic N) is 2. The Labute approximate surface area is 430 Å². The third kappa shape index (κ3) is 29.1. The molecule has 3 heteroatoms. The predicted octanol–water partition coefficient (Wildman–Crippen LogP) is 22.1. The number of hydrogen-bond acceptors (Lipinski definition) is 0. The minimum Gasteiger partial charge on any atom is -0.493 e. The fraction of sp³-hybridized carbons (Fsp3) is 0.719. The molecule has 0 unspecified atom stereocenters. The Morgan fingerprint density at radius 3 is 0.881 bits per heavy atom. The van der Waals surface area contributed by atoms with E-state index in [1.165, 1.54) is 224 Å². The number of hydrogen-bond donors (Lipinski definition) is 0. The largest absolute Gasteiger partial charge is 2.00 e. The minimum atomic E-state index is 0. The Kier molecular flexibility index (Phi) is 43.8. The van der Waals surface area contributed by atoms with Crippen LogP contribution < -0.4 is 0 Å². The maximum Gasteiger partial charge on any atom is 2.00 e. The SMILES string of the molecule is CCCCCCCCC1=C(c2cc(CCCC)cc(CCCCC)c2)[N+](=[N-])C(c2cc(CCCC)cc(CCCCC)c2)=C1CCCC.[CH2-]CCCCCCCC.[CH2-]CCCCCCCC.[Ni+2]. The fourth-order valence-corrected chi connectivity index (χ4v) is 9.43. The molecule has 0 amide bonds. The summed E-state index contributed by atoms with van der Waals surface area (Å²) in [6, 6.07) is 14.6. The van der Waals surface area contributed by atoms with Crippen molar-refractivity contribution in [2.75, 3.05) is 0 Å². The van der Waals surface area contributed by atoms with Crippen molar-refractivity contribution in [2.24, 2.45) is 0 Å². The zero-order chi connectivity index (χ0) is 48.5. The van der Waals surface area contributed by atoms with Gasteiger partial charge in [-0.15, -0.1) is 0 Å². The van der Waals surface area contributed by atoms with Crippen LogP contribution in [0.1, 0.15) is 307 Å². The third-order valence-corrected chi connectivity index (χ3v) is 13.6. The summed E-state index contributed by atoms with van der Waals surface area (Å²) in [7, 11) is 0. The van der Waals surface area contributed by atoms with Gasteiger partial charge in [-0.25, -0.2) is 4.70 Å². The van der Waals surface area contributed by atoms with Crippen LogP contribution in [0.3, 0.4) is 0 Å². The van der Waals surface area contributed by atoms with Crippen molar-refractivity contribution >= 4 is 11.4 Å². The van der Waals surface area contributed by atoms with Gasteiger partial charge in [0.05, 0.1) is 0 Å². The molecule has 0 bridgehead atoms. The molecular formula is C64H110N2Ni. The standard InChI is InChI=1S/C46H72N2.2C9H19.Ni/c1-7-13-19-20-21-24-30-44-43(29-18-12-6)45(41-33-37(25-16-10-4)31-39(35-41)27-22-14-8-2)48(47)46(44)42-34-38(26-17-11-5)32-40(36-42)28-23-15-9-3;2*1-3-5-7-9-8-6-4-2;/h31-36H,7-30H2,1-6H3;2*1,3-9H2,2H3;/q;2*-1;+2. The second-order valence-electron chi connectivity index (χ2n) is 20.0. The van der Waals surface area contributed by atoms with E-state index in [2.05, 4.69) is 106 Å². The molecule has 0 radical (unpaired) electrons. The molecule has 0 N–H and O–H groups in total. The first-order valence-corrected chi connectivity index (χ1v) is 29.1. The summed E-state index contributed by atoms with van der Waals surface area (Å²) in [6.07, 6.45) is 47.8. The van der Waals surface area contributed by atoms with Gasteiger partial charge in [-0.1, -0.05) is 222 Å². The van der Waals surface area contributed by atoms with Crippen LogP contribution in [0.25, 0.3) is 16.9 Å². The zero-order valence-electron chi connectivity index (χ0n) is 46.0. The van der Waals surface area contributed by atoms with Crippen LogP contribution in [-0.4, -0.2) is 4.70 Å². The van der Waals surface area contributed by atoms with Gasteiger partial charge < -0.3 is 19.4 Å². The van der Waals surface area contributed by atoms with Crippen molar-refractivity contribution in [3.05, 3.63) is 100 Å². The van der Waals surface area contributed by atoms with Crippen molar-refractivity contribution in [3.63, 3.8) is 0 Å². The molecular weight excluding hydrogens is 855 g/mol. The van der Waals surface area contributed by atoms with Crippen LogP contribution in [0.4, 0.5) is 0 Å². The summed E-state index contributed by atoms with van der Waals surface area (Å²) in [5.74, 6) is 0. The molecule has 1 aliphatic heterocycles. The van der Waals surface area contributed by atoms with Gasteiger partial charge in [0.15, 0.2) is 0 Å². The van der Waals surface area contributed by atoms with Crippen LogP contribution >= 0.6 is 0 Å². The Morgan fingerprint density at radius 1 is 0.313 bits per heavy atom. The Balaban J connectivity index is 0.00000192. The third-order valence-electron chi connectivity index (χ3n) is 13.6. The summed E-state index contributed by atoms with van der Waals surface area (Å²) >= 11 is 0. The molecule has 0 spiro atoms. The van der Waals surface area contributed by atoms with E-state index in [1.54, 1.807) is 4.70 Å². The summed E-state index contributed by atoms with van der Waals surface area (Å²) < 4.78 is 1.67. The summed E-state index contributed by atoms with van der Waals surface area (Å²) in [4.78, 5) is 0. The van der Waals surface area contributed by atoms with Crippen molar-refractivity contribution in [1.29, 1.82) is 0 Å². The Bertz CT molecular complexity index is 1520. The quantitative estimate of drug-likeness (QED) is 0.0277. The maximum atomic E-state index is 12.5. The van der Waals surface area contributed by atoms with Gasteiger partial charge in [0.25, 0.3) is 0 Å². The fourth-order valence-electron chi connectivity index (χ4n) is 9.43. The van der Waals surface area contributed by atoms with Gasteiger partial charge in [-0.2, -0.15) is 12.8 Å². The topological polar surface area (TPSA) is 25.3 Å². The summed E-state index contributed by atoms with van der Waals surface area (Å²) in [5.41, 5.74) is 25.7. The van der Waals surface area contributed by atoms with Crippen LogP contribution in [0.15, 0.2) is 47.5 Å². The van der Waals surface area contributed by atoms with Crippen LogP contribution in [0, 0.1) is 13.8 Å². The zero-order valence-corrected chi connectivity index (χ0v) is 46.9. The minimum absolute atomic E-state index is 0. The van der Waals surface area contributed by atoms with Gasteiger partial charge in [0, 0.05) is 22.3 Å². The molecule has 67 heavy (non-hydrogen) atoms. The molecule has 0 fully saturated rings. The molecule has 1 aliphatic rings. The van der Waals surface area contributed by atoms with Crippen molar-refractivity contribution in [3.8, 4) is 0 Å². The number of unbranched alkanes of at least 4 members (excludes halogenated alkanes) is 24. The molecule has 386 valence electrons. The van der Waals surface area contributed by atoms with E-state index in [0.717, 1.165) is 75.6 Å². The molecule has 3 rings (SSSR count). The van der Waals surface area contributed by atoms with Crippen LogP contribution in [-0.2, 0) is 42.2 Å². The van der Waals surface area contributed by atoms with Gasteiger partial charge in [-0.3, -0.25) is 0 Å². The molecule has 2 nitrogen and oxygen atoms in total. The van der Waals surface area contributed by atoms with Crippen molar-refractivity contribution in [1.82, 2.24) is 0 Å². The molecule has 2 aromatic rings. The van der Waals surface area contributed by atoms with E-state index in [9.17, 15) is 5.53 Å². The first-order valence-electron chi connectivity index (χ1n) is 29.1. The number of aryl methyl sites for hydroxylation is 4. The van der Waals surface area contributed by atoms with E-state index in [4.69, 9.17) is 0 Å². The molecule has 0 aliphatic carbocycles. The van der Waals surface area contributed by atoms with Gasteiger partial charge in [0.2, 0.25) is 11.4 Å². The van der Waals surface area contributed by atoms with Crippen molar-refractivity contribution in [2.45, 2.75) is 299 Å². The average molecular weight is 966 g/mol. The number of allylic oxidation sites excluding steroid dienone is 2. The average Bonchev–Trinajstić information content (AvgIpc) is 3.60. The first-order chi connectivity index (χ1) is 32.3. The first kappa shape index (κ1) is 65.0. The van der Waals surface area contributed by atoms with E-state index >= 15 is 0 Å². The van der Waals surface area contributed by atoms with E-state index in [-0.39, 0.29) is 16.5 Å². The van der Waals surface area contributed by atoms with Gasteiger partial charge in [-0.05, 0) is 124 Å². The number of benzene rings is 2. The Hall–Kier alpha value is -1.99. The second-order valence-corrected chi connectivity index (χ2v) is 20.0. The molecule has 1 heterocycles. The van der Waals surface area contributed by atoms with Crippen molar-refractivity contribution < 1.29 is 21.2 Å². The van der Waals surface area contributed by atoms with E-state index < -0.39 is 0 Å². The molecule has 0 aromatic heterocycles.